The number of aliphatic hydroxyl groups is 1. The molecule has 2 unspecified atom stereocenters. The largest absolute Gasteiger partial charge is 0.465 e. The fourth-order valence-electron chi connectivity index (χ4n) is 2.64. The molecule has 0 bridgehead atoms. The van der Waals surface area contributed by atoms with Crippen molar-refractivity contribution in [3.8, 4) is 0 Å². The van der Waals surface area contributed by atoms with Crippen LogP contribution in [0, 0.1) is 11.3 Å². The van der Waals surface area contributed by atoms with Crippen LogP contribution in [-0.4, -0.2) is 5.11 Å². The molecule has 0 saturated heterocycles. The van der Waals surface area contributed by atoms with Crippen LogP contribution in [-0.2, 0) is 0 Å². The lowest BCUT2D eigenvalue weighted by atomic mass is 9.78. The van der Waals surface area contributed by atoms with E-state index in [1.807, 2.05) is 6.07 Å². The summed E-state index contributed by atoms with van der Waals surface area (Å²) in [6.45, 7) is 4.45. The first-order chi connectivity index (χ1) is 7.02. The van der Waals surface area contributed by atoms with Gasteiger partial charge in [0, 0.05) is 0 Å². The van der Waals surface area contributed by atoms with Gasteiger partial charge in [-0.1, -0.05) is 20.3 Å². The summed E-state index contributed by atoms with van der Waals surface area (Å²) in [4.78, 5) is 0. The van der Waals surface area contributed by atoms with E-state index in [0.29, 0.717) is 11.7 Å². The van der Waals surface area contributed by atoms with Crippen LogP contribution in [0.25, 0.3) is 0 Å². The molecule has 1 heterocycles. The third-order valence-corrected chi connectivity index (χ3v) is 4.29. The zero-order chi connectivity index (χ0) is 11.1. The van der Waals surface area contributed by atoms with E-state index in [0.717, 1.165) is 10.9 Å². The van der Waals surface area contributed by atoms with Gasteiger partial charge in [-0.15, -0.1) is 0 Å². The summed E-state index contributed by atoms with van der Waals surface area (Å²) in [7, 11) is 0. The number of rotatable bonds is 2. The zero-order valence-electron chi connectivity index (χ0n) is 9.16. The molecular formula is C12H17BrO2. The maximum atomic E-state index is 10.3. The molecule has 1 saturated carbocycles. The highest BCUT2D eigenvalue weighted by molar-refractivity contribution is 9.10. The summed E-state index contributed by atoms with van der Waals surface area (Å²) >= 11 is 3.40. The van der Waals surface area contributed by atoms with Crippen LogP contribution in [0.1, 0.15) is 45.0 Å². The van der Waals surface area contributed by atoms with Crippen molar-refractivity contribution in [3.05, 3.63) is 22.6 Å². The minimum Gasteiger partial charge on any atom is -0.465 e. The number of halogens is 1. The molecule has 0 aliphatic heterocycles. The molecule has 2 nitrogen and oxygen atoms in total. The lowest BCUT2D eigenvalue weighted by Crippen LogP contribution is -2.24. The molecule has 1 aromatic rings. The molecule has 1 aliphatic carbocycles. The van der Waals surface area contributed by atoms with Gasteiger partial charge in [-0.2, -0.15) is 0 Å². The van der Waals surface area contributed by atoms with Crippen molar-refractivity contribution >= 4 is 15.9 Å². The Bertz CT molecular complexity index is 343. The van der Waals surface area contributed by atoms with E-state index >= 15 is 0 Å². The molecule has 3 heteroatoms. The van der Waals surface area contributed by atoms with E-state index in [9.17, 15) is 5.11 Å². The second kappa shape index (κ2) is 3.95. The van der Waals surface area contributed by atoms with Crippen molar-refractivity contribution in [2.24, 2.45) is 11.3 Å². The Morgan fingerprint density at radius 1 is 1.60 bits per heavy atom. The highest BCUT2D eigenvalue weighted by Crippen LogP contribution is 2.49. The van der Waals surface area contributed by atoms with Crippen LogP contribution in [0.2, 0.25) is 0 Å². The summed E-state index contributed by atoms with van der Waals surface area (Å²) in [5, 5.41) is 10.3. The molecule has 0 radical (unpaired) electrons. The fraction of sp³-hybridized carbons (Fsp3) is 0.667. The first-order valence-electron chi connectivity index (χ1n) is 5.43. The van der Waals surface area contributed by atoms with E-state index in [1.165, 1.54) is 12.8 Å². The molecule has 0 aromatic carbocycles. The van der Waals surface area contributed by atoms with Crippen molar-refractivity contribution in [2.75, 3.05) is 0 Å². The zero-order valence-corrected chi connectivity index (χ0v) is 10.8. The molecule has 0 amide bonds. The highest BCUT2D eigenvalue weighted by atomic mass is 79.9. The lowest BCUT2D eigenvalue weighted by Gasteiger charge is -2.30. The highest BCUT2D eigenvalue weighted by Gasteiger charge is 2.41. The average molecular weight is 273 g/mol. The number of aliphatic hydroxyl groups excluding tert-OH is 1. The van der Waals surface area contributed by atoms with Gasteiger partial charge >= 0.3 is 0 Å². The molecule has 1 aliphatic rings. The molecule has 1 N–H and O–H groups in total. The van der Waals surface area contributed by atoms with E-state index < -0.39 is 6.10 Å². The van der Waals surface area contributed by atoms with Gasteiger partial charge in [0.05, 0.1) is 10.7 Å². The second-order valence-electron chi connectivity index (χ2n) is 5.06. The quantitative estimate of drug-likeness (QED) is 0.886. The van der Waals surface area contributed by atoms with Crippen LogP contribution < -0.4 is 0 Å². The molecule has 2 rings (SSSR count). The van der Waals surface area contributed by atoms with Crippen molar-refractivity contribution in [3.63, 3.8) is 0 Å². The smallest absolute Gasteiger partial charge is 0.146 e. The average Bonchev–Trinajstić information content (AvgIpc) is 2.70. The van der Waals surface area contributed by atoms with Gasteiger partial charge < -0.3 is 9.52 Å². The fourth-order valence-corrected chi connectivity index (χ4v) is 3.07. The summed E-state index contributed by atoms with van der Waals surface area (Å²) in [5.41, 5.74) is 0.214. The van der Waals surface area contributed by atoms with Crippen molar-refractivity contribution in [1.29, 1.82) is 0 Å². The summed E-state index contributed by atoms with van der Waals surface area (Å²) in [6, 6.07) is 1.83. The Labute approximate surface area is 98.8 Å². The Morgan fingerprint density at radius 3 is 2.80 bits per heavy atom. The van der Waals surface area contributed by atoms with Gasteiger partial charge in [0.1, 0.15) is 11.9 Å². The predicted octanol–water partition coefficient (Wildman–Crippen LogP) is 3.90. The summed E-state index contributed by atoms with van der Waals surface area (Å²) in [5.74, 6) is 0.981. The Kier molecular flexibility index (Phi) is 2.95. The van der Waals surface area contributed by atoms with E-state index in [-0.39, 0.29) is 5.41 Å². The van der Waals surface area contributed by atoms with Gasteiger partial charge in [0.15, 0.2) is 0 Å². The van der Waals surface area contributed by atoms with Gasteiger partial charge in [-0.3, -0.25) is 0 Å². The minimum atomic E-state index is -0.480. The maximum absolute atomic E-state index is 10.3. The van der Waals surface area contributed by atoms with Gasteiger partial charge in [0.2, 0.25) is 0 Å². The molecule has 1 fully saturated rings. The summed E-state index contributed by atoms with van der Waals surface area (Å²) in [6.07, 6.45) is 4.61. The third-order valence-electron chi connectivity index (χ3n) is 3.63. The number of hydrogen-bond acceptors (Lipinski definition) is 2. The number of furan rings is 1. The van der Waals surface area contributed by atoms with E-state index in [1.54, 1.807) is 6.26 Å². The van der Waals surface area contributed by atoms with Crippen LogP contribution in [0.4, 0.5) is 0 Å². The van der Waals surface area contributed by atoms with Gasteiger partial charge in [0.25, 0.3) is 0 Å². The molecule has 84 valence electrons. The summed E-state index contributed by atoms with van der Waals surface area (Å²) < 4.78 is 6.21. The van der Waals surface area contributed by atoms with Crippen LogP contribution in [0.3, 0.4) is 0 Å². The topological polar surface area (TPSA) is 33.4 Å². The molecular weight excluding hydrogens is 256 g/mol. The minimum absolute atomic E-state index is 0.214. The molecule has 15 heavy (non-hydrogen) atoms. The third kappa shape index (κ3) is 2.00. The van der Waals surface area contributed by atoms with Crippen LogP contribution in [0.15, 0.2) is 21.2 Å². The standard InChI is InChI=1S/C12H17BrO2/c1-12(2)6-3-4-8(12)10(14)11-9(13)5-7-15-11/h5,7-8,10,14H,3-4,6H2,1-2H3. The Hall–Kier alpha value is -0.280. The lowest BCUT2D eigenvalue weighted by molar-refractivity contribution is 0.0360. The van der Waals surface area contributed by atoms with Gasteiger partial charge in [-0.05, 0) is 46.2 Å². The Morgan fingerprint density at radius 2 is 2.33 bits per heavy atom. The van der Waals surface area contributed by atoms with Crippen molar-refractivity contribution in [1.82, 2.24) is 0 Å². The molecule has 1 aromatic heterocycles. The monoisotopic (exact) mass is 272 g/mol. The van der Waals surface area contributed by atoms with Crippen LogP contribution in [0.5, 0.6) is 0 Å². The Balaban J connectivity index is 2.21. The molecule has 0 spiro atoms. The first kappa shape index (κ1) is 11.2. The normalized spacial score (nSPS) is 26.8. The second-order valence-corrected chi connectivity index (χ2v) is 5.92. The molecule has 2 atom stereocenters. The first-order valence-corrected chi connectivity index (χ1v) is 6.22. The van der Waals surface area contributed by atoms with Gasteiger partial charge in [-0.25, -0.2) is 0 Å². The van der Waals surface area contributed by atoms with E-state index in [4.69, 9.17) is 4.42 Å². The van der Waals surface area contributed by atoms with Crippen molar-refractivity contribution in [2.45, 2.75) is 39.2 Å². The maximum Gasteiger partial charge on any atom is 0.146 e. The van der Waals surface area contributed by atoms with Crippen molar-refractivity contribution < 1.29 is 9.52 Å². The SMILES string of the molecule is CC1(C)CCCC1C(O)c1occc1Br. The predicted molar refractivity (Wildman–Crippen MR) is 62.5 cm³/mol. The van der Waals surface area contributed by atoms with Crippen LogP contribution >= 0.6 is 15.9 Å². The number of hydrogen-bond donors (Lipinski definition) is 1. The van der Waals surface area contributed by atoms with E-state index in [2.05, 4.69) is 29.8 Å².